The molecule has 5 rings (SSSR count). The Morgan fingerprint density at radius 2 is 1.71 bits per heavy atom. The highest BCUT2D eigenvalue weighted by Crippen LogP contribution is 2.25. The number of hydrogen-bond donors (Lipinski definition) is 0. The first-order valence-corrected chi connectivity index (χ1v) is 13.0. The van der Waals surface area contributed by atoms with Crippen molar-refractivity contribution in [3.8, 4) is 11.5 Å². The molecule has 2 aromatic carbocycles. The Kier molecular flexibility index (Phi) is 7.91. The van der Waals surface area contributed by atoms with E-state index in [2.05, 4.69) is 4.99 Å². The monoisotopic (exact) mass is 552 g/mol. The number of amides is 1. The molecular formula is C31H28N4O6. The molecule has 41 heavy (non-hydrogen) atoms. The highest BCUT2D eigenvalue weighted by Gasteiger charge is 2.21. The van der Waals surface area contributed by atoms with Crippen molar-refractivity contribution in [2.45, 2.75) is 19.9 Å². The van der Waals surface area contributed by atoms with E-state index in [1.165, 1.54) is 24.7 Å². The minimum absolute atomic E-state index is 0.0250. The van der Waals surface area contributed by atoms with Crippen molar-refractivity contribution < 1.29 is 23.8 Å². The summed E-state index contributed by atoms with van der Waals surface area (Å²) in [4.78, 5) is 49.6. The Labute approximate surface area is 235 Å². The second kappa shape index (κ2) is 11.9. The zero-order valence-corrected chi connectivity index (χ0v) is 22.9. The van der Waals surface area contributed by atoms with Crippen molar-refractivity contribution in [1.29, 1.82) is 0 Å². The Bertz CT molecular complexity index is 1890. The summed E-state index contributed by atoms with van der Waals surface area (Å²) < 4.78 is 19.0. The van der Waals surface area contributed by atoms with Crippen LogP contribution in [-0.2, 0) is 17.7 Å². The zero-order chi connectivity index (χ0) is 28.9. The van der Waals surface area contributed by atoms with E-state index in [1.54, 1.807) is 54.1 Å². The molecule has 10 heteroatoms. The molecule has 0 unspecified atom stereocenters. The molecule has 1 amide bonds. The highest BCUT2D eigenvalue weighted by atomic mass is 16.5. The van der Waals surface area contributed by atoms with Gasteiger partial charge in [-0.2, -0.15) is 4.99 Å². The maximum absolute atomic E-state index is 13.6. The van der Waals surface area contributed by atoms with Gasteiger partial charge >= 0.3 is 5.97 Å². The first-order valence-electron chi connectivity index (χ1n) is 13.0. The quantitative estimate of drug-likeness (QED) is 0.212. The lowest BCUT2D eigenvalue weighted by molar-refractivity contribution is 0.0523. The molecule has 0 saturated heterocycles. The molecule has 0 N–H and O–H groups in total. The van der Waals surface area contributed by atoms with Crippen LogP contribution in [0.2, 0.25) is 0 Å². The minimum Gasteiger partial charge on any atom is -0.497 e. The van der Waals surface area contributed by atoms with Gasteiger partial charge in [-0.3, -0.25) is 14.0 Å². The molecule has 0 fully saturated rings. The van der Waals surface area contributed by atoms with E-state index in [9.17, 15) is 14.4 Å². The van der Waals surface area contributed by atoms with E-state index in [0.717, 1.165) is 5.56 Å². The Balaban J connectivity index is 1.83. The average Bonchev–Trinajstić information content (AvgIpc) is 3.00. The van der Waals surface area contributed by atoms with Crippen LogP contribution >= 0.6 is 0 Å². The third kappa shape index (κ3) is 5.44. The minimum atomic E-state index is -0.714. The van der Waals surface area contributed by atoms with Gasteiger partial charge in [-0.15, -0.1) is 0 Å². The lowest BCUT2D eigenvalue weighted by Gasteiger charge is -2.15. The molecule has 208 valence electrons. The predicted octanol–water partition coefficient (Wildman–Crippen LogP) is 3.83. The van der Waals surface area contributed by atoms with Gasteiger partial charge in [0.1, 0.15) is 28.4 Å². The number of esters is 1. The van der Waals surface area contributed by atoms with Crippen molar-refractivity contribution in [3.63, 3.8) is 0 Å². The fourth-order valence-electron chi connectivity index (χ4n) is 4.59. The average molecular weight is 553 g/mol. The van der Waals surface area contributed by atoms with Crippen LogP contribution in [-0.4, -0.2) is 46.7 Å². The molecule has 5 aromatic rings. The second-order valence-electron chi connectivity index (χ2n) is 9.06. The van der Waals surface area contributed by atoms with E-state index < -0.39 is 11.9 Å². The van der Waals surface area contributed by atoms with Crippen molar-refractivity contribution >= 4 is 28.6 Å². The molecule has 0 radical (unpaired) electrons. The number of rotatable bonds is 8. The number of fused-ring (bicyclic) bond motifs is 2. The summed E-state index contributed by atoms with van der Waals surface area (Å²) >= 11 is 0. The van der Waals surface area contributed by atoms with Gasteiger partial charge in [0.15, 0.2) is 5.49 Å². The van der Waals surface area contributed by atoms with Gasteiger partial charge in [0.2, 0.25) is 0 Å². The summed E-state index contributed by atoms with van der Waals surface area (Å²) in [6.45, 7) is 2.04. The Morgan fingerprint density at radius 1 is 0.927 bits per heavy atom. The van der Waals surface area contributed by atoms with E-state index >= 15 is 0 Å². The lowest BCUT2D eigenvalue weighted by Crippen LogP contribution is -2.33. The highest BCUT2D eigenvalue weighted by molar-refractivity contribution is 5.99. The van der Waals surface area contributed by atoms with Crippen LogP contribution in [0.4, 0.5) is 0 Å². The normalized spacial score (nSPS) is 11.5. The van der Waals surface area contributed by atoms with Crippen LogP contribution in [0, 0.1) is 0 Å². The number of carbonyl (C=O) groups is 2. The van der Waals surface area contributed by atoms with Gasteiger partial charge < -0.3 is 18.8 Å². The molecule has 0 spiro atoms. The molecule has 3 heterocycles. The number of ether oxygens (including phenoxy) is 3. The summed E-state index contributed by atoms with van der Waals surface area (Å²) in [5.41, 5.74) is 1.53. The third-order valence-electron chi connectivity index (χ3n) is 6.60. The fraction of sp³-hybridized carbons (Fsp3) is 0.194. The van der Waals surface area contributed by atoms with Crippen LogP contribution in [0.1, 0.15) is 33.2 Å². The summed E-state index contributed by atoms with van der Waals surface area (Å²) in [6.07, 6.45) is 2.13. The topological polar surface area (TPSA) is 113 Å². The molecule has 0 aliphatic carbocycles. The molecule has 0 aliphatic heterocycles. The second-order valence-corrected chi connectivity index (χ2v) is 9.06. The number of methoxy groups -OCH3 is 2. The fourth-order valence-corrected chi connectivity index (χ4v) is 4.59. The maximum atomic E-state index is 13.6. The van der Waals surface area contributed by atoms with Gasteiger partial charge in [-0.1, -0.05) is 36.4 Å². The van der Waals surface area contributed by atoms with Gasteiger partial charge in [0, 0.05) is 18.8 Å². The van der Waals surface area contributed by atoms with E-state index in [4.69, 9.17) is 19.2 Å². The van der Waals surface area contributed by atoms with E-state index in [1.807, 2.05) is 30.3 Å². The van der Waals surface area contributed by atoms with Crippen LogP contribution < -0.4 is 20.5 Å². The lowest BCUT2D eigenvalue weighted by atomic mass is 10.1. The Hall–Kier alpha value is -5.25. The summed E-state index contributed by atoms with van der Waals surface area (Å²) in [6, 6.07) is 21.1. The summed E-state index contributed by atoms with van der Waals surface area (Å²) in [5, 5.41) is 0.193. The van der Waals surface area contributed by atoms with Gasteiger partial charge in [0.25, 0.3) is 11.5 Å². The molecule has 0 saturated carbocycles. The number of nitrogens with zero attached hydrogens (tertiary/aromatic N) is 4. The van der Waals surface area contributed by atoms with Crippen LogP contribution in [0.25, 0.3) is 16.7 Å². The maximum Gasteiger partial charge on any atom is 0.341 e. The van der Waals surface area contributed by atoms with Crippen molar-refractivity contribution in [2.75, 3.05) is 20.8 Å². The summed E-state index contributed by atoms with van der Waals surface area (Å²) in [5.74, 6) is -0.602. The SMILES string of the molecule is CCOC(=O)c1cc2c(=O)n3ccccc3nc2n(CCc2ccccc2)c1=NC(=O)c1ccc(OC)cc1OC. The molecule has 3 aromatic heterocycles. The number of carbonyl (C=O) groups excluding carboxylic acids is 2. The first-order chi connectivity index (χ1) is 19.9. The van der Waals surface area contributed by atoms with E-state index in [0.29, 0.717) is 23.5 Å². The van der Waals surface area contributed by atoms with Gasteiger partial charge in [0.05, 0.1) is 31.8 Å². The van der Waals surface area contributed by atoms with Crippen LogP contribution in [0.3, 0.4) is 0 Å². The van der Waals surface area contributed by atoms with Gasteiger partial charge in [-0.25, -0.2) is 9.78 Å². The van der Waals surface area contributed by atoms with Crippen molar-refractivity contribution in [2.24, 2.45) is 4.99 Å². The number of pyridine rings is 2. The van der Waals surface area contributed by atoms with Crippen LogP contribution in [0.5, 0.6) is 11.5 Å². The summed E-state index contributed by atoms with van der Waals surface area (Å²) in [7, 11) is 2.95. The smallest absolute Gasteiger partial charge is 0.341 e. The van der Waals surface area contributed by atoms with Crippen LogP contribution in [0.15, 0.2) is 88.8 Å². The molecule has 0 bridgehead atoms. The predicted molar refractivity (Wildman–Crippen MR) is 152 cm³/mol. The van der Waals surface area contributed by atoms with Gasteiger partial charge in [-0.05, 0) is 49.2 Å². The number of aryl methyl sites for hydroxylation is 2. The number of aromatic nitrogens is 3. The number of hydrogen-bond acceptors (Lipinski definition) is 7. The molecular weight excluding hydrogens is 524 g/mol. The molecule has 0 atom stereocenters. The Morgan fingerprint density at radius 3 is 2.44 bits per heavy atom. The van der Waals surface area contributed by atoms with E-state index in [-0.39, 0.29) is 46.5 Å². The molecule has 10 nitrogen and oxygen atoms in total. The zero-order valence-electron chi connectivity index (χ0n) is 22.9. The number of benzene rings is 2. The van der Waals surface area contributed by atoms with Crippen molar-refractivity contribution in [1.82, 2.24) is 14.0 Å². The molecule has 0 aliphatic rings. The largest absolute Gasteiger partial charge is 0.497 e. The first kappa shape index (κ1) is 27.3. The van der Waals surface area contributed by atoms with Crippen molar-refractivity contribution in [3.05, 3.63) is 112 Å². The third-order valence-corrected chi connectivity index (χ3v) is 6.60. The standard InChI is InChI=1S/C31H28N4O6/c1-4-41-31(38)24-19-23-27(32-26-12-8-9-16-34(26)30(23)37)35(17-15-20-10-6-5-7-11-20)28(24)33-29(36)22-14-13-21(39-2)18-25(22)40-3/h5-14,16,18-19H,4,15,17H2,1-3H3.